The number of nitrogens with zero attached hydrogens (tertiary/aromatic N) is 6. The van der Waals surface area contributed by atoms with E-state index in [1.165, 1.54) is 6.20 Å². The fourth-order valence-corrected chi connectivity index (χ4v) is 2.55. The molecule has 0 bridgehead atoms. The summed E-state index contributed by atoms with van der Waals surface area (Å²) in [5.74, 6) is 0. The van der Waals surface area contributed by atoms with Gasteiger partial charge in [0.15, 0.2) is 0 Å². The topological polar surface area (TPSA) is 112 Å². The third-order valence-electron chi connectivity index (χ3n) is 3.13. The summed E-state index contributed by atoms with van der Waals surface area (Å²) in [6.45, 7) is 1.01. The molecule has 0 aromatic carbocycles. The molecule has 0 saturated carbocycles. The van der Waals surface area contributed by atoms with Gasteiger partial charge in [-0.25, -0.2) is 18.4 Å². The molecule has 0 spiro atoms. The van der Waals surface area contributed by atoms with Crippen LogP contribution in [0, 0.1) is 0 Å². The lowest BCUT2D eigenvalue weighted by molar-refractivity contribution is -0.141. The molecule has 1 aromatic heterocycles. The first-order valence-electron chi connectivity index (χ1n) is 6.91. The molecule has 1 aliphatic heterocycles. The van der Waals surface area contributed by atoms with Gasteiger partial charge in [0, 0.05) is 42.6 Å². The van der Waals surface area contributed by atoms with E-state index in [1.807, 2.05) is 0 Å². The van der Waals surface area contributed by atoms with Crippen molar-refractivity contribution in [3.63, 3.8) is 0 Å². The zero-order valence-corrected chi connectivity index (χ0v) is 13.8. The first kappa shape index (κ1) is 18.7. The van der Waals surface area contributed by atoms with Crippen molar-refractivity contribution in [1.82, 2.24) is 14.9 Å². The van der Waals surface area contributed by atoms with Crippen LogP contribution in [0.5, 0.6) is 0 Å². The number of hydrogen-bond acceptors (Lipinski definition) is 6. The highest BCUT2D eigenvalue weighted by Gasteiger charge is 2.35. The Bertz CT molecular complexity index is 872. The van der Waals surface area contributed by atoms with Gasteiger partial charge in [-0.3, -0.25) is 0 Å². The van der Waals surface area contributed by atoms with Gasteiger partial charge < -0.3 is 4.90 Å². The van der Waals surface area contributed by atoms with E-state index in [2.05, 4.69) is 20.0 Å². The Kier molecular flexibility index (Phi) is 5.33. The van der Waals surface area contributed by atoms with Crippen molar-refractivity contribution in [2.24, 2.45) is 5.11 Å². The second kappa shape index (κ2) is 7.11. The van der Waals surface area contributed by atoms with Crippen molar-refractivity contribution in [3.05, 3.63) is 46.2 Å². The molecular formula is C13H13F3N6O2S. The maximum absolute atomic E-state index is 13.0. The number of azide groups is 1. The van der Waals surface area contributed by atoms with E-state index in [0.717, 1.165) is 6.26 Å². The minimum absolute atomic E-state index is 0.160. The normalized spacial score (nSPS) is 14.9. The average Bonchev–Trinajstić information content (AvgIpc) is 2.53. The first-order chi connectivity index (χ1) is 11.6. The summed E-state index contributed by atoms with van der Waals surface area (Å²) in [4.78, 5) is 11.2. The fourth-order valence-electron chi connectivity index (χ4n) is 2.02. The molecule has 0 unspecified atom stereocenters. The van der Waals surface area contributed by atoms with E-state index in [-0.39, 0.29) is 12.2 Å². The molecule has 12 heteroatoms. The van der Waals surface area contributed by atoms with Crippen LogP contribution in [-0.2, 0) is 16.0 Å². The molecule has 8 nitrogen and oxygen atoms in total. The number of alkyl halides is 3. The molecule has 0 radical (unpaired) electrons. The lowest BCUT2D eigenvalue weighted by Crippen LogP contribution is -2.23. The molecule has 2 heterocycles. The number of halogens is 3. The molecule has 0 saturated heterocycles. The lowest BCUT2D eigenvalue weighted by Gasteiger charge is -2.22. The van der Waals surface area contributed by atoms with Crippen molar-refractivity contribution in [3.8, 4) is 0 Å². The van der Waals surface area contributed by atoms with Gasteiger partial charge in [0.2, 0.25) is 15.0 Å². The van der Waals surface area contributed by atoms with E-state index in [9.17, 15) is 21.6 Å². The van der Waals surface area contributed by atoms with Gasteiger partial charge in [-0.2, -0.15) is 13.2 Å². The van der Waals surface area contributed by atoms with E-state index in [4.69, 9.17) is 5.53 Å². The van der Waals surface area contributed by atoms with Crippen LogP contribution in [-0.4, -0.2) is 49.2 Å². The van der Waals surface area contributed by atoms with Crippen LogP contribution in [0.3, 0.4) is 0 Å². The van der Waals surface area contributed by atoms with E-state index in [0.29, 0.717) is 24.7 Å². The summed E-state index contributed by atoms with van der Waals surface area (Å²) in [5, 5.41) is 2.50. The molecular weight excluding hydrogens is 361 g/mol. The average molecular weight is 374 g/mol. The Morgan fingerprint density at radius 1 is 1.40 bits per heavy atom. The maximum Gasteiger partial charge on any atom is 0.433 e. The van der Waals surface area contributed by atoms with Crippen molar-refractivity contribution < 1.29 is 21.6 Å². The predicted octanol–water partition coefficient (Wildman–Crippen LogP) is 2.42. The van der Waals surface area contributed by atoms with E-state index >= 15 is 0 Å². The molecule has 25 heavy (non-hydrogen) atoms. The van der Waals surface area contributed by atoms with Crippen molar-refractivity contribution >= 4 is 15.4 Å². The third kappa shape index (κ3) is 4.94. The molecule has 1 aromatic rings. The van der Waals surface area contributed by atoms with Crippen LogP contribution in [0.25, 0.3) is 16.0 Å². The van der Waals surface area contributed by atoms with Crippen LogP contribution in [0.1, 0.15) is 11.4 Å². The van der Waals surface area contributed by atoms with Gasteiger partial charge in [-0.1, -0.05) is 17.3 Å². The van der Waals surface area contributed by atoms with Crippen LogP contribution in [0.15, 0.2) is 34.7 Å². The number of allylic oxidation sites excluding steroid dienone is 2. The first-order valence-corrected chi connectivity index (χ1v) is 8.80. The van der Waals surface area contributed by atoms with Gasteiger partial charge in [0.05, 0.1) is 5.69 Å². The number of hydrogen-bond donors (Lipinski definition) is 0. The largest absolute Gasteiger partial charge is 0.433 e. The molecule has 134 valence electrons. The molecule has 0 fully saturated rings. The molecule has 1 aliphatic rings. The summed E-state index contributed by atoms with van der Waals surface area (Å²) >= 11 is 0. The highest BCUT2D eigenvalue weighted by Crippen LogP contribution is 2.30. The van der Waals surface area contributed by atoms with E-state index < -0.39 is 26.9 Å². The summed E-state index contributed by atoms with van der Waals surface area (Å²) in [6, 6.07) is 0.696. The van der Waals surface area contributed by atoms with Crippen LogP contribution in [0.4, 0.5) is 13.2 Å². The van der Waals surface area contributed by atoms with Gasteiger partial charge in [-0.15, -0.1) is 0 Å². The second-order valence-electron chi connectivity index (χ2n) is 5.13. The smallest absolute Gasteiger partial charge is 0.373 e. The number of aromatic nitrogens is 2. The van der Waals surface area contributed by atoms with Crippen LogP contribution >= 0.6 is 0 Å². The fraction of sp³-hybridized carbons (Fsp3) is 0.385. The SMILES string of the molecule is CS(=O)(=O)c1nc(C2=CN(CCN=[N+]=[N-])CC=C2)cc(C(F)(F)F)n1. The third-order valence-corrected chi connectivity index (χ3v) is 3.98. The zero-order valence-electron chi connectivity index (χ0n) is 13.0. The number of sulfone groups is 1. The van der Waals surface area contributed by atoms with Crippen LogP contribution in [0.2, 0.25) is 0 Å². The molecule has 0 atom stereocenters. The molecule has 2 rings (SSSR count). The Hall–Kier alpha value is -2.59. The van der Waals surface area contributed by atoms with Gasteiger partial charge in [-0.05, 0) is 11.6 Å². The summed E-state index contributed by atoms with van der Waals surface area (Å²) in [6.07, 6.45) is 0.682. The summed E-state index contributed by atoms with van der Waals surface area (Å²) < 4.78 is 62.2. The predicted molar refractivity (Wildman–Crippen MR) is 82.8 cm³/mol. The van der Waals surface area contributed by atoms with Gasteiger partial charge in [0.1, 0.15) is 5.69 Å². The maximum atomic E-state index is 13.0. The number of rotatable bonds is 5. The van der Waals surface area contributed by atoms with Crippen molar-refractivity contribution in [1.29, 1.82) is 0 Å². The van der Waals surface area contributed by atoms with E-state index in [1.54, 1.807) is 17.1 Å². The highest BCUT2D eigenvalue weighted by molar-refractivity contribution is 7.90. The molecule has 0 aliphatic carbocycles. The van der Waals surface area contributed by atoms with Gasteiger partial charge >= 0.3 is 6.18 Å². The monoisotopic (exact) mass is 374 g/mol. The Morgan fingerprint density at radius 3 is 2.72 bits per heavy atom. The molecule has 0 N–H and O–H groups in total. The zero-order chi connectivity index (χ0) is 18.7. The minimum atomic E-state index is -4.81. The second-order valence-corrected chi connectivity index (χ2v) is 7.04. The van der Waals surface area contributed by atoms with Crippen LogP contribution < -0.4 is 0 Å². The van der Waals surface area contributed by atoms with Gasteiger partial charge in [0.25, 0.3) is 0 Å². The Balaban J connectivity index is 2.46. The minimum Gasteiger partial charge on any atom is -0.373 e. The van der Waals surface area contributed by atoms with Crippen molar-refractivity contribution in [2.75, 3.05) is 25.9 Å². The summed E-state index contributed by atoms with van der Waals surface area (Å²) in [7, 11) is -4.02. The Labute approximate surface area is 141 Å². The standard InChI is InChI=1S/C13H13F3N6O2S/c1-25(23,24)12-19-10(7-11(20-12)13(14,15)16)9-3-2-5-22(8-9)6-4-18-21-17/h2-3,7-8H,4-6H2,1H3. The summed E-state index contributed by atoms with van der Waals surface area (Å²) in [5.41, 5.74) is 7.07. The Morgan fingerprint density at radius 2 is 2.12 bits per heavy atom. The lowest BCUT2D eigenvalue weighted by atomic mass is 10.1. The highest BCUT2D eigenvalue weighted by atomic mass is 32.2. The van der Waals surface area contributed by atoms with Crippen molar-refractivity contribution in [2.45, 2.75) is 11.3 Å². The quantitative estimate of drug-likeness (QED) is 0.340. The molecule has 0 amide bonds.